The van der Waals surface area contributed by atoms with Gasteiger partial charge in [0, 0.05) is 17.3 Å². The zero-order valence-corrected chi connectivity index (χ0v) is 12.5. The standard InChI is InChI=1S/C16H17ClN2O2/c1-21-15-8-6-14(7-9-15)19-16(20)18-11-10-12-2-4-13(17)5-3-12/h2-9H,10-11H2,1H3,(H2,18,19,20). The van der Waals surface area contributed by atoms with E-state index in [9.17, 15) is 4.79 Å². The second kappa shape index (κ2) is 7.55. The van der Waals surface area contributed by atoms with Crippen LogP contribution in [0.4, 0.5) is 10.5 Å². The summed E-state index contributed by atoms with van der Waals surface area (Å²) in [6.07, 6.45) is 0.757. The molecule has 2 N–H and O–H groups in total. The van der Waals surface area contributed by atoms with Gasteiger partial charge in [-0.05, 0) is 48.4 Å². The molecule has 0 fully saturated rings. The third-order valence-electron chi connectivity index (χ3n) is 2.96. The van der Waals surface area contributed by atoms with Crippen molar-refractivity contribution >= 4 is 23.3 Å². The van der Waals surface area contributed by atoms with E-state index in [1.165, 1.54) is 0 Å². The number of halogens is 1. The first-order chi connectivity index (χ1) is 10.2. The molecule has 0 saturated carbocycles. The van der Waals surface area contributed by atoms with Crippen molar-refractivity contribution in [3.63, 3.8) is 0 Å². The number of anilines is 1. The first kappa shape index (κ1) is 15.2. The maximum Gasteiger partial charge on any atom is 0.319 e. The van der Waals surface area contributed by atoms with Crippen molar-refractivity contribution in [2.24, 2.45) is 0 Å². The number of hydrogen-bond acceptors (Lipinski definition) is 2. The molecule has 110 valence electrons. The lowest BCUT2D eigenvalue weighted by Gasteiger charge is -2.08. The lowest BCUT2D eigenvalue weighted by molar-refractivity contribution is 0.252. The summed E-state index contributed by atoms with van der Waals surface area (Å²) in [6.45, 7) is 0.559. The molecule has 2 aromatic carbocycles. The number of amides is 2. The quantitative estimate of drug-likeness (QED) is 0.884. The Kier molecular flexibility index (Phi) is 5.46. The Morgan fingerprint density at radius 2 is 1.76 bits per heavy atom. The van der Waals surface area contributed by atoms with E-state index in [4.69, 9.17) is 16.3 Å². The van der Waals surface area contributed by atoms with Crippen LogP contribution in [0, 0.1) is 0 Å². The molecule has 0 aliphatic heterocycles. The van der Waals surface area contributed by atoms with Crippen molar-refractivity contribution in [3.05, 3.63) is 59.1 Å². The Hall–Kier alpha value is -2.20. The molecular formula is C16H17ClN2O2. The average molecular weight is 305 g/mol. The SMILES string of the molecule is COc1ccc(NC(=O)NCCc2ccc(Cl)cc2)cc1. The minimum atomic E-state index is -0.228. The highest BCUT2D eigenvalue weighted by Gasteiger charge is 2.01. The van der Waals surface area contributed by atoms with E-state index in [0.29, 0.717) is 11.6 Å². The van der Waals surface area contributed by atoms with Crippen molar-refractivity contribution in [1.29, 1.82) is 0 Å². The Labute approximate surface area is 129 Å². The second-order valence-corrected chi connectivity index (χ2v) is 4.92. The lowest BCUT2D eigenvalue weighted by atomic mass is 10.1. The van der Waals surface area contributed by atoms with E-state index in [1.54, 1.807) is 31.4 Å². The van der Waals surface area contributed by atoms with Crippen LogP contribution in [-0.4, -0.2) is 19.7 Å². The van der Waals surface area contributed by atoms with Crippen LogP contribution in [0.3, 0.4) is 0 Å². The van der Waals surface area contributed by atoms with Gasteiger partial charge in [-0.1, -0.05) is 23.7 Å². The molecule has 21 heavy (non-hydrogen) atoms. The van der Waals surface area contributed by atoms with E-state index in [-0.39, 0.29) is 6.03 Å². The summed E-state index contributed by atoms with van der Waals surface area (Å²) in [7, 11) is 1.60. The monoisotopic (exact) mass is 304 g/mol. The van der Waals surface area contributed by atoms with Crippen molar-refractivity contribution in [1.82, 2.24) is 5.32 Å². The molecule has 0 aliphatic carbocycles. The van der Waals surface area contributed by atoms with Crippen LogP contribution in [0.1, 0.15) is 5.56 Å². The van der Waals surface area contributed by atoms with E-state index in [2.05, 4.69) is 10.6 Å². The second-order valence-electron chi connectivity index (χ2n) is 4.49. The lowest BCUT2D eigenvalue weighted by Crippen LogP contribution is -2.30. The Morgan fingerprint density at radius 3 is 2.38 bits per heavy atom. The highest BCUT2D eigenvalue weighted by molar-refractivity contribution is 6.30. The van der Waals surface area contributed by atoms with Crippen molar-refractivity contribution in [2.75, 3.05) is 19.0 Å². The topological polar surface area (TPSA) is 50.4 Å². The number of rotatable bonds is 5. The van der Waals surface area contributed by atoms with Crippen molar-refractivity contribution in [2.45, 2.75) is 6.42 Å². The van der Waals surface area contributed by atoms with E-state index in [0.717, 1.165) is 23.4 Å². The molecule has 0 saturated heterocycles. The minimum absolute atomic E-state index is 0.228. The molecule has 2 amide bonds. The van der Waals surface area contributed by atoms with Gasteiger partial charge in [0.1, 0.15) is 5.75 Å². The van der Waals surface area contributed by atoms with Crippen LogP contribution in [0.2, 0.25) is 5.02 Å². The van der Waals surface area contributed by atoms with E-state index in [1.807, 2.05) is 24.3 Å². The molecule has 0 radical (unpaired) electrons. The molecule has 0 unspecified atom stereocenters. The van der Waals surface area contributed by atoms with Gasteiger partial charge in [0.15, 0.2) is 0 Å². The van der Waals surface area contributed by atoms with E-state index < -0.39 is 0 Å². The number of carbonyl (C=O) groups is 1. The molecular weight excluding hydrogens is 288 g/mol. The van der Waals surface area contributed by atoms with Gasteiger partial charge in [0.2, 0.25) is 0 Å². The van der Waals surface area contributed by atoms with Gasteiger partial charge < -0.3 is 15.4 Å². The largest absolute Gasteiger partial charge is 0.497 e. The van der Waals surface area contributed by atoms with E-state index >= 15 is 0 Å². The highest BCUT2D eigenvalue weighted by Crippen LogP contribution is 2.14. The summed E-state index contributed by atoms with van der Waals surface area (Å²) in [6, 6.07) is 14.5. The third kappa shape index (κ3) is 5.00. The summed E-state index contributed by atoms with van der Waals surface area (Å²) in [4.78, 5) is 11.7. The fraction of sp³-hybridized carbons (Fsp3) is 0.188. The number of urea groups is 1. The first-order valence-electron chi connectivity index (χ1n) is 6.61. The van der Waals surface area contributed by atoms with Crippen LogP contribution >= 0.6 is 11.6 Å². The molecule has 0 bridgehead atoms. The predicted octanol–water partition coefficient (Wildman–Crippen LogP) is 3.71. The zero-order chi connectivity index (χ0) is 15.1. The third-order valence-corrected chi connectivity index (χ3v) is 3.21. The normalized spacial score (nSPS) is 10.0. The maximum atomic E-state index is 11.7. The van der Waals surface area contributed by atoms with Crippen LogP contribution < -0.4 is 15.4 Å². The summed E-state index contributed by atoms with van der Waals surface area (Å²) in [5, 5.41) is 6.28. The molecule has 5 heteroatoms. The van der Waals surface area contributed by atoms with Gasteiger partial charge in [-0.2, -0.15) is 0 Å². The van der Waals surface area contributed by atoms with Crippen LogP contribution in [-0.2, 0) is 6.42 Å². The number of ether oxygens (including phenoxy) is 1. The summed E-state index contributed by atoms with van der Waals surface area (Å²) < 4.78 is 5.06. The molecule has 0 aromatic heterocycles. The minimum Gasteiger partial charge on any atom is -0.497 e. The van der Waals surface area contributed by atoms with Gasteiger partial charge in [-0.25, -0.2) is 4.79 Å². The first-order valence-corrected chi connectivity index (χ1v) is 6.98. The van der Waals surface area contributed by atoms with Gasteiger partial charge in [-0.3, -0.25) is 0 Å². The molecule has 0 atom stereocenters. The number of hydrogen-bond donors (Lipinski definition) is 2. The van der Waals surface area contributed by atoms with Gasteiger partial charge in [-0.15, -0.1) is 0 Å². The summed E-state index contributed by atoms with van der Waals surface area (Å²) in [5.41, 5.74) is 1.85. The summed E-state index contributed by atoms with van der Waals surface area (Å²) >= 11 is 5.82. The fourth-order valence-corrected chi connectivity index (χ4v) is 1.95. The van der Waals surface area contributed by atoms with Crippen LogP contribution in [0.15, 0.2) is 48.5 Å². The fourth-order valence-electron chi connectivity index (χ4n) is 1.82. The smallest absolute Gasteiger partial charge is 0.319 e. The number of methoxy groups -OCH3 is 1. The number of nitrogens with one attached hydrogen (secondary N) is 2. The van der Waals surface area contributed by atoms with Crippen molar-refractivity contribution < 1.29 is 9.53 Å². The Balaban J connectivity index is 1.75. The van der Waals surface area contributed by atoms with Gasteiger partial charge in [0.25, 0.3) is 0 Å². The molecule has 2 aromatic rings. The van der Waals surface area contributed by atoms with Crippen LogP contribution in [0.25, 0.3) is 0 Å². The number of carbonyl (C=O) groups excluding carboxylic acids is 1. The Bertz CT molecular complexity index is 582. The Morgan fingerprint density at radius 1 is 1.10 bits per heavy atom. The van der Waals surface area contributed by atoms with Gasteiger partial charge >= 0.3 is 6.03 Å². The maximum absolute atomic E-state index is 11.7. The molecule has 2 rings (SSSR count). The highest BCUT2D eigenvalue weighted by atomic mass is 35.5. The molecule has 0 heterocycles. The predicted molar refractivity (Wildman–Crippen MR) is 85.2 cm³/mol. The van der Waals surface area contributed by atoms with Crippen molar-refractivity contribution in [3.8, 4) is 5.75 Å². The molecule has 0 spiro atoms. The number of benzene rings is 2. The van der Waals surface area contributed by atoms with Crippen LogP contribution in [0.5, 0.6) is 5.75 Å². The van der Waals surface area contributed by atoms with Gasteiger partial charge in [0.05, 0.1) is 7.11 Å². The molecule has 0 aliphatic rings. The average Bonchev–Trinajstić information content (AvgIpc) is 2.50. The summed E-state index contributed by atoms with van der Waals surface area (Å²) in [5.74, 6) is 0.753. The molecule has 4 nitrogen and oxygen atoms in total. The zero-order valence-electron chi connectivity index (χ0n) is 11.7.